The first-order valence-electron chi connectivity index (χ1n) is 9.15. The fourth-order valence-corrected chi connectivity index (χ4v) is 3.80. The van der Waals surface area contributed by atoms with Crippen LogP contribution in [0.25, 0.3) is 0 Å². The van der Waals surface area contributed by atoms with Crippen LogP contribution in [0, 0.1) is 17.8 Å². The molecule has 1 aliphatic heterocycles. The zero-order valence-corrected chi connectivity index (χ0v) is 15.5. The lowest BCUT2D eigenvalue weighted by Crippen LogP contribution is -2.45. The van der Waals surface area contributed by atoms with Crippen molar-refractivity contribution in [3.63, 3.8) is 0 Å². The largest absolute Gasteiger partial charge is 0.455 e. The fourth-order valence-electron chi connectivity index (χ4n) is 3.80. The number of likely N-dealkylation sites (tertiary alicyclic amines) is 1. The van der Waals surface area contributed by atoms with Gasteiger partial charge in [-0.2, -0.15) is 0 Å². The summed E-state index contributed by atoms with van der Waals surface area (Å²) in [5.41, 5.74) is 0. The van der Waals surface area contributed by atoms with Gasteiger partial charge < -0.3 is 19.7 Å². The number of hydrogen-bond acceptors (Lipinski definition) is 5. The van der Waals surface area contributed by atoms with E-state index in [-0.39, 0.29) is 30.9 Å². The zero-order valence-electron chi connectivity index (χ0n) is 15.5. The van der Waals surface area contributed by atoms with Crippen LogP contribution in [0.1, 0.15) is 39.5 Å². The highest BCUT2D eigenvalue weighted by Gasteiger charge is 2.42. The van der Waals surface area contributed by atoms with Gasteiger partial charge in [-0.05, 0) is 18.3 Å². The quantitative estimate of drug-likeness (QED) is 0.544. The normalized spacial score (nSPS) is 29.6. The van der Waals surface area contributed by atoms with Crippen LogP contribution >= 0.6 is 0 Å². The molecule has 0 radical (unpaired) electrons. The molecule has 7 heteroatoms. The lowest BCUT2D eigenvalue weighted by atomic mass is 9.77. The molecule has 1 saturated heterocycles. The third-order valence-electron chi connectivity index (χ3n) is 5.53. The highest BCUT2D eigenvalue weighted by Crippen LogP contribution is 2.35. The summed E-state index contributed by atoms with van der Waals surface area (Å²) >= 11 is 0. The van der Waals surface area contributed by atoms with Gasteiger partial charge in [0.2, 0.25) is 5.91 Å². The summed E-state index contributed by atoms with van der Waals surface area (Å²) in [6.07, 6.45) is 3.50. The number of carbonyl (C=O) groups excluding carboxylic acids is 3. The second kappa shape index (κ2) is 9.17. The van der Waals surface area contributed by atoms with Crippen LogP contribution in [0.15, 0.2) is 0 Å². The van der Waals surface area contributed by atoms with E-state index >= 15 is 0 Å². The summed E-state index contributed by atoms with van der Waals surface area (Å²) in [6.45, 7) is 5.29. The van der Waals surface area contributed by atoms with Crippen molar-refractivity contribution >= 4 is 17.8 Å². The second-order valence-electron chi connectivity index (χ2n) is 7.23. The Bertz CT molecular complexity index is 496. The SMILES string of the molecule is COCCNC(=O)COC(=O)[C@@H]1CC(=O)N([C@@H]2CCC[C@H](C)[C@H]2C)C1. The average molecular weight is 354 g/mol. The van der Waals surface area contributed by atoms with Gasteiger partial charge >= 0.3 is 5.97 Å². The maximum atomic E-state index is 12.4. The molecule has 2 amide bonds. The smallest absolute Gasteiger partial charge is 0.311 e. The van der Waals surface area contributed by atoms with E-state index in [0.717, 1.165) is 12.8 Å². The van der Waals surface area contributed by atoms with Crippen molar-refractivity contribution in [2.24, 2.45) is 17.8 Å². The first-order valence-corrected chi connectivity index (χ1v) is 9.15. The van der Waals surface area contributed by atoms with Crippen LogP contribution in [0.3, 0.4) is 0 Å². The van der Waals surface area contributed by atoms with E-state index in [1.54, 1.807) is 7.11 Å². The zero-order chi connectivity index (χ0) is 18.4. The molecule has 7 nitrogen and oxygen atoms in total. The molecule has 1 N–H and O–H groups in total. The molecule has 0 unspecified atom stereocenters. The maximum absolute atomic E-state index is 12.4. The Labute approximate surface area is 149 Å². The number of hydrogen-bond donors (Lipinski definition) is 1. The second-order valence-corrected chi connectivity index (χ2v) is 7.23. The molecule has 0 aromatic heterocycles. The van der Waals surface area contributed by atoms with E-state index in [4.69, 9.17) is 9.47 Å². The van der Waals surface area contributed by atoms with Crippen molar-refractivity contribution in [3.8, 4) is 0 Å². The predicted octanol–water partition coefficient (Wildman–Crippen LogP) is 0.965. The number of rotatable bonds is 7. The third kappa shape index (κ3) is 5.17. The molecule has 2 fully saturated rings. The molecule has 0 aromatic rings. The van der Waals surface area contributed by atoms with E-state index in [2.05, 4.69) is 19.2 Å². The summed E-state index contributed by atoms with van der Waals surface area (Å²) in [4.78, 5) is 38.0. The van der Waals surface area contributed by atoms with Gasteiger partial charge in [0.1, 0.15) is 0 Å². The van der Waals surface area contributed by atoms with Crippen molar-refractivity contribution in [2.75, 3.05) is 33.4 Å². The van der Waals surface area contributed by atoms with Crippen LogP contribution < -0.4 is 5.32 Å². The van der Waals surface area contributed by atoms with Gasteiger partial charge in [0.05, 0.1) is 12.5 Å². The van der Waals surface area contributed by atoms with E-state index in [1.165, 1.54) is 6.42 Å². The molecule has 0 spiro atoms. The van der Waals surface area contributed by atoms with Gasteiger partial charge in [-0.3, -0.25) is 14.4 Å². The number of nitrogens with zero attached hydrogens (tertiary/aromatic N) is 1. The monoisotopic (exact) mass is 354 g/mol. The summed E-state index contributed by atoms with van der Waals surface area (Å²) < 4.78 is 9.91. The Kier molecular flexibility index (Phi) is 7.23. The standard InChI is InChI=1S/C18H30N2O5/c1-12-5-4-6-15(13(12)2)20-10-14(9-17(20)22)18(23)25-11-16(21)19-7-8-24-3/h12-15H,4-11H2,1-3H3,(H,19,21)/t12-,13+,14+,15+/m0/s1. The molecule has 2 aliphatic rings. The molecule has 1 saturated carbocycles. The fraction of sp³-hybridized carbons (Fsp3) is 0.833. The Hall–Kier alpha value is -1.63. The first kappa shape index (κ1) is 19.7. The number of ether oxygens (including phenoxy) is 2. The van der Waals surface area contributed by atoms with Crippen LogP contribution in [-0.4, -0.2) is 62.1 Å². The minimum atomic E-state index is -0.469. The minimum absolute atomic E-state index is 0.0254. The lowest BCUT2D eigenvalue weighted by molar-refractivity contribution is -0.152. The van der Waals surface area contributed by atoms with Crippen molar-refractivity contribution < 1.29 is 23.9 Å². The summed E-state index contributed by atoms with van der Waals surface area (Å²) in [6, 6.07) is 0.214. The Morgan fingerprint density at radius 2 is 2.04 bits per heavy atom. The molecule has 142 valence electrons. The first-order chi connectivity index (χ1) is 11.9. The number of carbonyl (C=O) groups is 3. The molecule has 2 rings (SSSR count). The van der Waals surface area contributed by atoms with Crippen LogP contribution in [0.2, 0.25) is 0 Å². The topological polar surface area (TPSA) is 84.9 Å². The summed E-state index contributed by atoms with van der Waals surface area (Å²) in [5.74, 6) is -0.232. The molecule has 1 heterocycles. The molecule has 25 heavy (non-hydrogen) atoms. The minimum Gasteiger partial charge on any atom is -0.455 e. The number of amides is 2. The van der Waals surface area contributed by atoms with Gasteiger partial charge in [-0.15, -0.1) is 0 Å². The number of methoxy groups -OCH3 is 1. The Morgan fingerprint density at radius 1 is 1.28 bits per heavy atom. The lowest BCUT2D eigenvalue weighted by Gasteiger charge is -2.39. The van der Waals surface area contributed by atoms with E-state index in [1.807, 2.05) is 4.90 Å². The van der Waals surface area contributed by atoms with Gasteiger partial charge in [0.15, 0.2) is 6.61 Å². The van der Waals surface area contributed by atoms with Gasteiger partial charge in [-0.1, -0.05) is 26.7 Å². The highest BCUT2D eigenvalue weighted by molar-refractivity contribution is 5.88. The molecular weight excluding hydrogens is 324 g/mol. The maximum Gasteiger partial charge on any atom is 0.311 e. The van der Waals surface area contributed by atoms with E-state index in [9.17, 15) is 14.4 Å². The van der Waals surface area contributed by atoms with Gasteiger partial charge in [0, 0.05) is 32.7 Å². The molecule has 0 bridgehead atoms. The van der Waals surface area contributed by atoms with Crippen LogP contribution in [0.5, 0.6) is 0 Å². The number of esters is 1. The molecular formula is C18H30N2O5. The third-order valence-corrected chi connectivity index (χ3v) is 5.53. The molecule has 0 aromatic carbocycles. The van der Waals surface area contributed by atoms with E-state index in [0.29, 0.717) is 31.5 Å². The summed E-state index contributed by atoms with van der Waals surface area (Å²) in [7, 11) is 1.54. The predicted molar refractivity (Wildman–Crippen MR) is 91.6 cm³/mol. The average Bonchev–Trinajstić information content (AvgIpc) is 2.97. The van der Waals surface area contributed by atoms with E-state index < -0.39 is 11.9 Å². The van der Waals surface area contributed by atoms with Gasteiger partial charge in [0.25, 0.3) is 5.91 Å². The molecule has 1 aliphatic carbocycles. The summed E-state index contributed by atoms with van der Waals surface area (Å²) in [5, 5.41) is 2.59. The van der Waals surface area contributed by atoms with Crippen molar-refractivity contribution in [1.82, 2.24) is 10.2 Å². The van der Waals surface area contributed by atoms with Crippen LogP contribution in [0.4, 0.5) is 0 Å². The van der Waals surface area contributed by atoms with Gasteiger partial charge in [-0.25, -0.2) is 0 Å². The Balaban J connectivity index is 1.81. The number of nitrogens with one attached hydrogen (secondary N) is 1. The highest BCUT2D eigenvalue weighted by atomic mass is 16.5. The van der Waals surface area contributed by atoms with Crippen LogP contribution in [-0.2, 0) is 23.9 Å². The molecule has 4 atom stereocenters. The Morgan fingerprint density at radius 3 is 2.76 bits per heavy atom. The van der Waals surface area contributed by atoms with Crippen molar-refractivity contribution in [3.05, 3.63) is 0 Å². The van der Waals surface area contributed by atoms with Crippen molar-refractivity contribution in [1.29, 1.82) is 0 Å². The van der Waals surface area contributed by atoms with Crippen molar-refractivity contribution in [2.45, 2.75) is 45.6 Å².